The summed E-state index contributed by atoms with van der Waals surface area (Å²) >= 11 is 0. The van der Waals surface area contributed by atoms with Gasteiger partial charge in [-0.3, -0.25) is 4.68 Å². The Bertz CT molecular complexity index is 1180. The number of hydrogen-bond acceptors (Lipinski definition) is 8. The molecule has 3 aromatic heterocycles. The number of nitrogens with two attached hydrogens (primary N) is 1. The highest BCUT2D eigenvalue weighted by Crippen LogP contribution is 2.24. The summed E-state index contributed by atoms with van der Waals surface area (Å²) in [6.45, 7) is 5.49. The van der Waals surface area contributed by atoms with Crippen molar-refractivity contribution in [3.8, 4) is 5.69 Å². The van der Waals surface area contributed by atoms with Crippen molar-refractivity contribution in [3.05, 3.63) is 48.4 Å². The molecule has 0 atom stereocenters. The van der Waals surface area contributed by atoms with E-state index in [1.807, 2.05) is 49.0 Å². The van der Waals surface area contributed by atoms with Crippen LogP contribution >= 0.6 is 0 Å². The van der Waals surface area contributed by atoms with Crippen LogP contribution in [0.5, 0.6) is 0 Å². The SMILES string of the molecule is CC(C)(N)c1ccc(-n2nnc3cnc(Nc4cnn(C5CCOCC5)c4)nc32)cc1. The zero-order valence-electron chi connectivity index (χ0n) is 17.6. The lowest BCUT2D eigenvalue weighted by atomic mass is 9.96. The van der Waals surface area contributed by atoms with Crippen molar-refractivity contribution in [2.75, 3.05) is 18.5 Å². The Morgan fingerprint density at radius 3 is 2.65 bits per heavy atom. The van der Waals surface area contributed by atoms with Crippen molar-refractivity contribution in [2.45, 2.75) is 38.3 Å². The summed E-state index contributed by atoms with van der Waals surface area (Å²) in [6, 6.07) is 8.28. The Morgan fingerprint density at radius 1 is 1.13 bits per heavy atom. The maximum atomic E-state index is 6.18. The maximum absolute atomic E-state index is 6.18. The molecule has 0 radical (unpaired) electrons. The minimum atomic E-state index is -0.405. The Morgan fingerprint density at radius 2 is 1.90 bits per heavy atom. The van der Waals surface area contributed by atoms with Gasteiger partial charge in [-0.05, 0) is 44.4 Å². The molecule has 0 saturated carbocycles. The van der Waals surface area contributed by atoms with E-state index in [4.69, 9.17) is 10.5 Å². The van der Waals surface area contributed by atoms with E-state index in [0.717, 1.165) is 43.0 Å². The molecule has 5 rings (SSSR count). The number of ether oxygens (including phenoxy) is 1. The van der Waals surface area contributed by atoms with Gasteiger partial charge in [-0.15, -0.1) is 5.10 Å². The van der Waals surface area contributed by atoms with Crippen LogP contribution in [0.1, 0.15) is 38.3 Å². The van der Waals surface area contributed by atoms with Crippen LogP contribution in [0.15, 0.2) is 42.9 Å². The molecule has 0 aliphatic carbocycles. The van der Waals surface area contributed by atoms with Crippen molar-refractivity contribution in [3.63, 3.8) is 0 Å². The number of rotatable bonds is 5. The molecule has 1 aromatic carbocycles. The molecule has 1 aliphatic rings. The van der Waals surface area contributed by atoms with Crippen LogP contribution in [0.2, 0.25) is 0 Å². The minimum Gasteiger partial charge on any atom is -0.381 e. The van der Waals surface area contributed by atoms with E-state index in [-0.39, 0.29) is 0 Å². The summed E-state index contributed by atoms with van der Waals surface area (Å²) in [6.07, 6.45) is 7.36. The number of nitrogens with one attached hydrogen (secondary N) is 1. The van der Waals surface area contributed by atoms with E-state index in [0.29, 0.717) is 23.2 Å². The van der Waals surface area contributed by atoms with Gasteiger partial charge in [0.2, 0.25) is 5.95 Å². The zero-order valence-corrected chi connectivity index (χ0v) is 17.6. The van der Waals surface area contributed by atoms with E-state index >= 15 is 0 Å². The van der Waals surface area contributed by atoms with Crippen LogP contribution in [-0.2, 0) is 10.3 Å². The quantitative estimate of drug-likeness (QED) is 0.506. The Kier molecular flexibility index (Phi) is 4.87. The third-order valence-electron chi connectivity index (χ3n) is 5.47. The second kappa shape index (κ2) is 7.71. The lowest BCUT2D eigenvalue weighted by molar-refractivity contribution is 0.0662. The van der Waals surface area contributed by atoms with Gasteiger partial charge < -0.3 is 15.8 Å². The van der Waals surface area contributed by atoms with Crippen LogP contribution in [0.25, 0.3) is 16.9 Å². The fraction of sp³-hybridized carbons (Fsp3) is 0.381. The number of aromatic nitrogens is 7. The molecule has 0 unspecified atom stereocenters. The summed E-state index contributed by atoms with van der Waals surface area (Å²) in [5, 5.41) is 16.1. The van der Waals surface area contributed by atoms with Crippen LogP contribution in [0, 0.1) is 0 Å². The molecule has 1 saturated heterocycles. The molecule has 160 valence electrons. The first kappa shape index (κ1) is 19.6. The maximum Gasteiger partial charge on any atom is 0.229 e. The average molecular weight is 419 g/mol. The topological polar surface area (TPSA) is 122 Å². The van der Waals surface area contributed by atoms with E-state index in [1.165, 1.54) is 0 Å². The van der Waals surface area contributed by atoms with Crippen molar-refractivity contribution in [1.29, 1.82) is 0 Å². The van der Waals surface area contributed by atoms with Crippen LogP contribution in [0.4, 0.5) is 11.6 Å². The van der Waals surface area contributed by atoms with E-state index in [1.54, 1.807) is 17.1 Å². The van der Waals surface area contributed by atoms with Gasteiger partial charge in [0.1, 0.15) is 0 Å². The summed E-state index contributed by atoms with van der Waals surface area (Å²) in [5.74, 6) is 0.460. The van der Waals surface area contributed by atoms with Crippen molar-refractivity contribution >= 4 is 22.8 Å². The Hall–Kier alpha value is -3.37. The van der Waals surface area contributed by atoms with Crippen LogP contribution < -0.4 is 11.1 Å². The molecule has 3 N–H and O–H groups in total. The minimum absolute atomic E-state index is 0.361. The van der Waals surface area contributed by atoms with Crippen molar-refractivity contribution < 1.29 is 4.74 Å². The van der Waals surface area contributed by atoms with E-state index < -0.39 is 5.54 Å². The predicted octanol–water partition coefficient (Wildman–Crippen LogP) is 2.70. The highest BCUT2D eigenvalue weighted by atomic mass is 16.5. The van der Waals surface area contributed by atoms with Gasteiger partial charge in [0.15, 0.2) is 11.2 Å². The first-order valence-electron chi connectivity index (χ1n) is 10.3. The van der Waals surface area contributed by atoms with Gasteiger partial charge in [-0.1, -0.05) is 17.3 Å². The molecule has 10 nitrogen and oxygen atoms in total. The first-order valence-corrected chi connectivity index (χ1v) is 10.3. The third-order valence-corrected chi connectivity index (χ3v) is 5.47. The van der Waals surface area contributed by atoms with Crippen LogP contribution in [0.3, 0.4) is 0 Å². The van der Waals surface area contributed by atoms with Crippen LogP contribution in [-0.4, -0.2) is 48.0 Å². The number of fused-ring (bicyclic) bond motifs is 1. The fourth-order valence-corrected chi connectivity index (χ4v) is 3.68. The highest BCUT2D eigenvalue weighted by Gasteiger charge is 2.18. The van der Waals surface area contributed by atoms with E-state index in [2.05, 4.69) is 30.7 Å². The summed E-state index contributed by atoms with van der Waals surface area (Å²) in [7, 11) is 0. The van der Waals surface area contributed by atoms with E-state index in [9.17, 15) is 0 Å². The zero-order chi connectivity index (χ0) is 21.4. The van der Waals surface area contributed by atoms with Gasteiger partial charge >= 0.3 is 0 Å². The molecule has 1 aliphatic heterocycles. The number of hydrogen-bond donors (Lipinski definition) is 2. The first-order chi connectivity index (χ1) is 15.0. The average Bonchev–Trinajstić information content (AvgIpc) is 3.41. The van der Waals surface area contributed by atoms with Gasteiger partial charge in [0.25, 0.3) is 0 Å². The highest BCUT2D eigenvalue weighted by molar-refractivity contribution is 5.72. The summed E-state index contributed by atoms with van der Waals surface area (Å²) in [4.78, 5) is 9.00. The monoisotopic (exact) mass is 419 g/mol. The molecule has 31 heavy (non-hydrogen) atoms. The number of benzene rings is 1. The lowest BCUT2D eigenvalue weighted by Crippen LogP contribution is -2.28. The summed E-state index contributed by atoms with van der Waals surface area (Å²) in [5.41, 5.74) is 9.74. The fourth-order valence-electron chi connectivity index (χ4n) is 3.68. The predicted molar refractivity (Wildman–Crippen MR) is 116 cm³/mol. The Labute approximate surface area is 179 Å². The number of nitrogens with zero attached hydrogens (tertiary/aromatic N) is 7. The Balaban J connectivity index is 1.40. The van der Waals surface area contributed by atoms with Gasteiger partial charge in [0, 0.05) is 24.9 Å². The largest absolute Gasteiger partial charge is 0.381 e. The van der Waals surface area contributed by atoms with Gasteiger partial charge in [-0.25, -0.2) is 4.98 Å². The lowest BCUT2D eigenvalue weighted by Gasteiger charge is -2.22. The molecule has 4 heterocycles. The molecule has 0 bridgehead atoms. The molecule has 1 fully saturated rings. The smallest absolute Gasteiger partial charge is 0.229 e. The molecular formula is C21H25N9O. The van der Waals surface area contributed by atoms with Gasteiger partial charge in [-0.2, -0.15) is 14.8 Å². The second-order valence-electron chi connectivity index (χ2n) is 8.35. The van der Waals surface area contributed by atoms with Gasteiger partial charge in [0.05, 0.1) is 29.8 Å². The van der Waals surface area contributed by atoms with Crippen molar-refractivity contribution in [2.24, 2.45) is 5.73 Å². The molecule has 0 amide bonds. The molecule has 10 heteroatoms. The number of anilines is 2. The van der Waals surface area contributed by atoms with Crippen molar-refractivity contribution in [1.82, 2.24) is 34.7 Å². The third kappa shape index (κ3) is 3.99. The molecule has 4 aromatic rings. The normalized spacial score (nSPS) is 15.5. The standard InChI is InChI=1S/C21H25N9O/c1-21(2,22)14-3-5-17(6-4-14)30-19-18(27-28-30)12-23-20(26-19)25-15-11-24-29(13-15)16-7-9-31-10-8-16/h3-6,11-13,16H,7-10,22H2,1-2H3,(H,23,25,26). The molecule has 0 spiro atoms. The molecular weight excluding hydrogens is 394 g/mol. The summed E-state index contributed by atoms with van der Waals surface area (Å²) < 4.78 is 9.11. The second-order valence-corrected chi connectivity index (χ2v) is 8.35.